The molecule has 0 fully saturated rings. The maximum Gasteiger partial charge on any atom is 0.241 e. The highest BCUT2D eigenvalue weighted by Gasteiger charge is 2.20. The number of hydrogen-bond donors (Lipinski definition) is 1. The fourth-order valence-electron chi connectivity index (χ4n) is 1.55. The molecule has 0 heterocycles. The van der Waals surface area contributed by atoms with Crippen LogP contribution in [0.15, 0.2) is 24.3 Å². The summed E-state index contributed by atoms with van der Waals surface area (Å²) in [6.45, 7) is 7.86. The predicted octanol–water partition coefficient (Wildman–Crippen LogP) is 3.08. The lowest BCUT2D eigenvalue weighted by molar-refractivity contribution is -0.117. The number of hydrogen-bond acceptors (Lipinski definition) is 2. The average molecular weight is 230 g/mol. The molecule has 0 aliphatic carbocycles. The maximum absolute atomic E-state index is 11.7. The van der Waals surface area contributed by atoms with Gasteiger partial charge >= 0.3 is 0 Å². The van der Waals surface area contributed by atoms with Crippen molar-refractivity contribution in [2.24, 2.45) is 5.92 Å². The fourth-order valence-corrected chi connectivity index (χ4v) is 1.55. The third-order valence-electron chi connectivity index (χ3n) is 2.58. The van der Waals surface area contributed by atoms with Crippen molar-refractivity contribution in [2.45, 2.75) is 33.1 Å². The van der Waals surface area contributed by atoms with Crippen LogP contribution in [0.5, 0.6) is 0 Å². The van der Waals surface area contributed by atoms with Crippen LogP contribution < -0.4 is 5.32 Å². The molecule has 1 aromatic carbocycles. The Morgan fingerprint density at radius 3 is 2.47 bits per heavy atom. The van der Waals surface area contributed by atoms with Gasteiger partial charge in [0.1, 0.15) is 5.92 Å². The molecule has 1 N–H and O–H groups in total. The Bertz CT molecular complexity index is 452. The molecule has 0 aliphatic rings. The van der Waals surface area contributed by atoms with E-state index in [1.54, 1.807) is 6.92 Å². The van der Waals surface area contributed by atoms with Gasteiger partial charge in [0.05, 0.1) is 6.07 Å². The van der Waals surface area contributed by atoms with Gasteiger partial charge in [-0.15, -0.1) is 0 Å². The minimum Gasteiger partial charge on any atom is -0.325 e. The number of carbonyl (C=O) groups is 1. The van der Waals surface area contributed by atoms with Gasteiger partial charge in [-0.1, -0.05) is 39.0 Å². The van der Waals surface area contributed by atoms with Crippen molar-refractivity contribution in [1.29, 1.82) is 5.26 Å². The lowest BCUT2D eigenvalue weighted by Crippen LogP contribution is -2.22. The minimum atomic E-state index is -0.636. The monoisotopic (exact) mass is 230 g/mol. The van der Waals surface area contributed by atoms with Crippen molar-refractivity contribution in [2.75, 3.05) is 5.32 Å². The van der Waals surface area contributed by atoms with Crippen molar-refractivity contribution in [1.82, 2.24) is 0 Å². The van der Waals surface area contributed by atoms with E-state index in [-0.39, 0.29) is 11.3 Å². The smallest absolute Gasteiger partial charge is 0.241 e. The van der Waals surface area contributed by atoms with Gasteiger partial charge in [-0.05, 0) is 24.0 Å². The number of nitriles is 1. The average Bonchev–Trinajstić information content (AvgIpc) is 2.27. The van der Waals surface area contributed by atoms with E-state index in [0.717, 1.165) is 11.3 Å². The topological polar surface area (TPSA) is 52.9 Å². The molecule has 3 nitrogen and oxygen atoms in total. The summed E-state index contributed by atoms with van der Waals surface area (Å²) in [6.07, 6.45) is 0. The maximum atomic E-state index is 11.7. The lowest BCUT2D eigenvalue weighted by atomic mass is 9.86. The van der Waals surface area contributed by atoms with Crippen LogP contribution in [0.3, 0.4) is 0 Å². The first-order valence-corrected chi connectivity index (χ1v) is 5.66. The van der Waals surface area contributed by atoms with Crippen LogP contribution in [-0.4, -0.2) is 5.91 Å². The van der Waals surface area contributed by atoms with Crippen LogP contribution >= 0.6 is 0 Å². The molecule has 1 unspecified atom stereocenters. The zero-order valence-corrected chi connectivity index (χ0v) is 10.7. The van der Waals surface area contributed by atoms with Crippen LogP contribution in [0.4, 0.5) is 5.69 Å². The van der Waals surface area contributed by atoms with Gasteiger partial charge in [-0.3, -0.25) is 4.79 Å². The van der Waals surface area contributed by atoms with Crippen LogP contribution in [-0.2, 0) is 10.2 Å². The first kappa shape index (κ1) is 13.2. The van der Waals surface area contributed by atoms with E-state index in [1.165, 1.54) is 0 Å². The highest BCUT2D eigenvalue weighted by atomic mass is 16.1. The largest absolute Gasteiger partial charge is 0.325 e. The molecule has 90 valence electrons. The number of rotatable bonds is 2. The molecule has 0 aliphatic heterocycles. The van der Waals surface area contributed by atoms with E-state index < -0.39 is 5.92 Å². The number of nitrogens with zero attached hydrogens (tertiary/aromatic N) is 1. The van der Waals surface area contributed by atoms with Crippen molar-refractivity contribution >= 4 is 11.6 Å². The number of nitrogens with one attached hydrogen (secondary N) is 1. The molecule has 1 atom stereocenters. The molecule has 1 amide bonds. The Balaban J connectivity index is 3.01. The number of para-hydroxylation sites is 1. The Labute approximate surface area is 102 Å². The van der Waals surface area contributed by atoms with Gasteiger partial charge in [0.25, 0.3) is 0 Å². The quantitative estimate of drug-likeness (QED) is 0.848. The number of benzene rings is 1. The summed E-state index contributed by atoms with van der Waals surface area (Å²) >= 11 is 0. The summed E-state index contributed by atoms with van der Waals surface area (Å²) in [6, 6.07) is 9.61. The van der Waals surface area contributed by atoms with Crippen LogP contribution in [0.2, 0.25) is 0 Å². The van der Waals surface area contributed by atoms with E-state index in [9.17, 15) is 4.79 Å². The van der Waals surface area contributed by atoms with Crippen LogP contribution in [0.25, 0.3) is 0 Å². The zero-order valence-electron chi connectivity index (χ0n) is 10.7. The molecule has 3 heteroatoms. The summed E-state index contributed by atoms with van der Waals surface area (Å²) in [7, 11) is 0. The molecular formula is C14H18N2O. The summed E-state index contributed by atoms with van der Waals surface area (Å²) in [5.74, 6) is -0.896. The third kappa shape index (κ3) is 3.32. The van der Waals surface area contributed by atoms with Gasteiger partial charge < -0.3 is 5.32 Å². The van der Waals surface area contributed by atoms with Crippen LogP contribution in [0.1, 0.15) is 33.3 Å². The Kier molecular flexibility index (Phi) is 3.90. The van der Waals surface area contributed by atoms with Crippen molar-refractivity contribution in [3.8, 4) is 6.07 Å². The van der Waals surface area contributed by atoms with Gasteiger partial charge in [0, 0.05) is 5.69 Å². The molecular weight excluding hydrogens is 212 g/mol. The fraction of sp³-hybridized carbons (Fsp3) is 0.429. The first-order valence-electron chi connectivity index (χ1n) is 5.66. The second-order valence-electron chi connectivity index (χ2n) is 5.14. The predicted molar refractivity (Wildman–Crippen MR) is 68.5 cm³/mol. The summed E-state index contributed by atoms with van der Waals surface area (Å²) in [5, 5.41) is 11.5. The minimum absolute atomic E-state index is 0.0419. The normalized spacial score (nSPS) is 12.6. The zero-order chi connectivity index (χ0) is 13.1. The number of amides is 1. The molecule has 0 spiro atoms. The molecule has 17 heavy (non-hydrogen) atoms. The SMILES string of the molecule is CC(C#N)C(=O)Nc1ccccc1C(C)(C)C. The van der Waals surface area contributed by atoms with E-state index in [0.29, 0.717) is 0 Å². The Morgan fingerprint density at radius 1 is 1.35 bits per heavy atom. The Morgan fingerprint density at radius 2 is 1.94 bits per heavy atom. The first-order chi connectivity index (χ1) is 7.86. The van der Waals surface area contributed by atoms with Gasteiger partial charge in [-0.2, -0.15) is 5.26 Å². The van der Waals surface area contributed by atoms with E-state index in [1.807, 2.05) is 30.3 Å². The molecule has 1 aromatic rings. The Hall–Kier alpha value is -1.82. The molecule has 0 saturated carbocycles. The van der Waals surface area contributed by atoms with Crippen molar-refractivity contribution in [3.63, 3.8) is 0 Å². The number of carbonyl (C=O) groups excluding carboxylic acids is 1. The van der Waals surface area contributed by atoms with Crippen molar-refractivity contribution in [3.05, 3.63) is 29.8 Å². The van der Waals surface area contributed by atoms with E-state index in [2.05, 4.69) is 26.1 Å². The molecule has 0 radical (unpaired) electrons. The molecule has 0 bridgehead atoms. The number of anilines is 1. The van der Waals surface area contributed by atoms with Gasteiger partial charge in [-0.25, -0.2) is 0 Å². The van der Waals surface area contributed by atoms with Crippen LogP contribution in [0, 0.1) is 17.2 Å². The standard InChI is InChI=1S/C14H18N2O/c1-10(9-15)13(17)16-12-8-6-5-7-11(12)14(2,3)4/h5-8,10H,1-4H3,(H,16,17). The highest BCUT2D eigenvalue weighted by Crippen LogP contribution is 2.29. The summed E-state index contributed by atoms with van der Waals surface area (Å²) in [5.41, 5.74) is 1.81. The summed E-state index contributed by atoms with van der Waals surface area (Å²) < 4.78 is 0. The second kappa shape index (κ2) is 5.01. The third-order valence-corrected chi connectivity index (χ3v) is 2.58. The lowest BCUT2D eigenvalue weighted by Gasteiger charge is -2.23. The molecule has 1 rings (SSSR count). The van der Waals surface area contributed by atoms with E-state index >= 15 is 0 Å². The highest BCUT2D eigenvalue weighted by molar-refractivity contribution is 5.94. The molecule has 0 aromatic heterocycles. The molecule has 0 saturated heterocycles. The summed E-state index contributed by atoms with van der Waals surface area (Å²) in [4.78, 5) is 11.7. The van der Waals surface area contributed by atoms with Crippen molar-refractivity contribution < 1.29 is 4.79 Å². The van der Waals surface area contributed by atoms with Gasteiger partial charge in [0.2, 0.25) is 5.91 Å². The van der Waals surface area contributed by atoms with Gasteiger partial charge in [0.15, 0.2) is 0 Å². The second-order valence-corrected chi connectivity index (χ2v) is 5.14. The van der Waals surface area contributed by atoms with E-state index in [4.69, 9.17) is 5.26 Å².